The van der Waals surface area contributed by atoms with E-state index in [-0.39, 0.29) is 11.8 Å². The summed E-state index contributed by atoms with van der Waals surface area (Å²) in [6.45, 7) is 1.58. The van der Waals surface area contributed by atoms with E-state index in [9.17, 15) is 9.59 Å². The lowest BCUT2D eigenvalue weighted by Gasteiger charge is -2.44. The minimum atomic E-state index is -0.564. The molecule has 142 valence electrons. The molecular weight excluding hydrogens is 340 g/mol. The summed E-state index contributed by atoms with van der Waals surface area (Å²) in [7, 11) is 0. The summed E-state index contributed by atoms with van der Waals surface area (Å²) in [5.41, 5.74) is 1.37. The fourth-order valence-corrected chi connectivity index (χ4v) is 4.96. The predicted octanol–water partition coefficient (Wildman–Crippen LogP) is 2.64. The molecule has 5 rings (SSSR count). The van der Waals surface area contributed by atoms with Crippen LogP contribution in [0.25, 0.3) is 11.0 Å². The minimum absolute atomic E-state index is 0.0963. The molecular formula is C21H26N4O2. The zero-order valence-corrected chi connectivity index (χ0v) is 15.6. The molecule has 1 aromatic heterocycles. The number of fused-ring (bicyclic) bond motifs is 1. The van der Waals surface area contributed by atoms with Crippen LogP contribution in [-0.4, -0.2) is 56.3 Å². The molecule has 0 radical (unpaired) electrons. The van der Waals surface area contributed by atoms with Gasteiger partial charge in [0.1, 0.15) is 11.4 Å². The summed E-state index contributed by atoms with van der Waals surface area (Å²) < 4.78 is 0. The third-order valence-corrected chi connectivity index (χ3v) is 6.44. The van der Waals surface area contributed by atoms with Crippen molar-refractivity contribution < 1.29 is 9.59 Å². The van der Waals surface area contributed by atoms with Gasteiger partial charge in [0.2, 0.25) is 11.8 Å². The first-order valence-electron chi connectivity index (χ1n) is 10.2. The number of nitrogens with zero attached hydrogens (tertiary/aromatic N) is 3. The number of carbonyl (C=O) groups is 2. The molecule has 2 aliphatic heterocycles. The lowest BCUT2D eigenvalue weighted by atomic mass is 9.85. The van der Waals surface area contributed by atoms with Crippen LogP contribution in [0.3, 0.4) is 0 Å². The average molecular weight is 366 g/mol. The van der Waals surface area contributed by atoms with Crippen LogP contribution in [0.5, 0.6) is 0 Å². The lowest BCUT2D eigenvalue weighted by Crippen LogP contribution is -2.61. The van der Waals surface area contributed by atoms with Crippen LogP contribution in [0, 0.1) is 0 Å². The number of aromatic nitrogens is 2. The topological polar surface area (TPSA) is 69.3 Å². The number of carbonyl (C=O) groups excluding carboxylic acids is 2. The predicted molar refractivity (Wildman–Crippen MR) is 102 cm³/mol. The fourth-order valence-electron chi connectivity index (χ4n) is 4.96. The quantitative estimate of drug-likeness (QED) is 0.904. The Balaban J connectivity index is 1.30. The van der Waals surface area contributed by atoms with Crippen molar-refractivity contribution >= 4 is 22.8 Å². The van der Waals surface area contributed by atoms with Gasteiger partial charge in [0.25, 0.3) is 0 Å². The number of hydrogen-bond acceptors (Lipinski definition) is 3. The molecule has 0 bridgehead atoms. The lowest BCUT2D eigenvalue weighted by molar-refractivity contribution is -0.155. The van der Waals surface area contributed by atoms with Gasteiger partial charge in [-0.05, 0) is 50.7 Å². The van der Waals surface area contributed by atoms with Crippen LogP contribution >= 0.6 is 0 Å². The Morgan fingerprint density at radius 3 is 2.74 bits per heavy atom. The Kier molecular flexibility index (Phi) is 3.95. The first-order chi connectivity index (χ1) is 13.2. The van der Waals surface area contributed by atoms with Crippen molar-refractivity contribution in [2.75, 3.05) is 13.1 Å². The third kappa shape index (κ3) is 2.82. The number of benzene rings is 1. The number of amides is 2. The van der Waals surface area contributed by atoms with E-state index >= 15 is 0 Å². The van der Waals surface area contributed by atoms with E-state index in [0.29, 0.717) is 25.4 Å². The molecule has 1 unspecified atom stereocenters. The molecule has 1 aliphatic carbocycles. The molecule has 1 spiro atoms. The summed E-state index contributed by atoms with van der Waals surface area (Å²) in [4.78, 5) is 38.1. The second-order valence-electron chi connectivity index (χ2n) is 8.21. The highest BCUT2D eigenvalue weighted by atomic mass is 16.2. The average Bonchev–Trinajstić information content (AvgIpc) is 3.29. The second-order valence-corrected chi connectivity index (χ2v) is 8.21. The Bertz CT molecular complexity index is 854. The van der Waals surface area contributed by atoms with Crippen molar-refractivity contribution in [2.45, 2.75) is 62.9 Å². The van der Waals surface area contributed by atoms with Gasteiger partial charge in [-0.1, -0.05) is 12.1 Å². The van der Waals surface area contributed by atoms with Gasteiger partial charge in [-0.3, -0.25) is 9.59 Å². The SMILES string of the molecule is O=C(CCc1nc2ccccc2[nH]1)N1CCCC12CCCN(C1CC1)C2=O. The zero-order chi connectivity index (χ0) is 18.4. The number of imidazole rings is 1. The number of H-pyrrole nitrogens is 1. The van der Waals surface area contributed by atoms with Gasteiger partial charge < -0.3 is 14.8 Å². The number of piperidine rings is 1. The normalized spacial score (nSPS) is 25.7. The highest BCUT2D eigenvalue weighted by molar-refractivity contribution is 5.93. The second kappa shape index (κ2) is 6.36. The maximum Gasteiger partial charge on any atom is 0.248 e. The van der Waals surface area contributed by atoms with Crippen molar-refractivity contribution in [1.29, 1.82) is 0 Å². The molecule has 2 amide bonds. The standard InChI is InChI=1S/C21H26N4O2/c26-19(10-9-18-22-16-5-1-2-6-17(16)23-18)25-14-4-12-21(25)11-3-13-24(20(21)27)15-7-8-15/h1-2,5-6,15H,3-4,7-14H2,(H,22,23). The molecule has 6 heteroatoms. The molecule has 1 saturated carbocycles. The first kappa shape index (κ1) is 16.8. The van der Waals surface area contributed by atoms with Crippen molar-refractivity contribution in [2.24, 2.45) is 0 Å². The molecule has 3 fully saturated rings. The monoisotopic (exact) mass is 366 g/mol. The van der Waals surface area contributed by atoms with Gasteiger partial charge in [0.05, 0.1) is 11.0 Å². The summed E-state index contributed by atoms with van der Waals surface area (Å²) >= 11 is 0. The van der Waals surface area contributed by atoms with Crippen LogP contribution in [0.2, 0.25) is 0 Å². The van der Waals surface area contributed by atoms with E-state index in [1.807, 2.05) is 29.2 Å². The molecule has 1 N–H and O–H groups in total. The van der Waals surface area contributed by atoms with E-state index in [0.717, 1.165) is 61.9 Å². The third-order valence-electron chi connectivity index (χ3n) is 6.44. The summed E-state index contributed by atoms with van der Waals surface area (Å²) in [5, 5.41) is 0. The van der Waals surface area contributed by atoms with Crippen LogP contribution in [0.4, 0.5) is 0 Å². The minimum Gasteiger partial charge on any atom is -0.342 e. The van der Waals surface area contributed by atoms with E-state index in [4.69, 9.17) is 0 Å². The van der Waals surface area contributed by atoms with Gasteiger partial charge in [-0.25, -0.2) is 4.98 Å². The van der Waals surface area contributed by atoms with Gasteiger partial charge in [-0.2, -0.15) is 0 Å². The highest BCUT2D eigenvalue weighted by Crippen LogP contribution is 2.42. The van der Waals surface area contributed by atoms with Crippen LogP contribution in [0.1, 0.15) is 50.8 Å². The number of likely N-dealkylation sites (tertiary alicyclic amines) is 2. The maximum absolute atomic E-state index is 13.3. The molecule has 6 nitrogen and oxygen atoms in total. The number of rotatable bonds is 4. The maximum atomic E-state index is 13.3. The van der Waals surface area contributed by atoms with E-state index in [1.165, 1.54) is 0 Å². The smallest absolute Gasteiger partial charge is 0.248 e. The largest absolute Gasteiger partial charge is 0.342 e. The molecule has 1 aromatic carbocycles. The van der Waals surface area contributed by atoms with Crippen molar-refractivity contribution in [1.82, 2.24) is 19.8 Å². The summed E-state index contributed by atoms with van der Waals surface area (Å²) in [6.07, 6.45) is 6.83. The van der Waals surface area contributed by atoms with Crippen molar-refractivity contribution in [3.05, 3.63) is 30.1 Å². The molecule has 2 saturated heterocycles. The van der Waals surface area contributed by atoms with Crippen molar-refractivity contribution in [3.63, 3.8) is 0 Å². The molecule has 3 heterocycles. The van der Waals surface area contributed by atoms with Crippen LogP contribution in [0.15, 0.2) is 24.3 Å². The fraction of sp³-hybridized carbons (Fsp3) is 0.571. The summed E-state index contributed by atoms with van der Waals surface area (Å²) in [6, 6.07) is 8.34. The molecule has 2 aromatic rings. The van der Waals surface area contributed by atoms with E-state index in [1.54, 1.807) is 0 Å². The van der Waals surface area contributed by atoms with E-state index in [2.05, 4.69) is 14.9 Å². The number of hydrogen-bond donors (Lipinski definition) is 1. The van der Waals surface area contributed by atoms with Crippen molar-refractivity contribution in [3.8, 4) is 0 Å². The number of aromatic amines is 1. The van der Waals surface area contributed by atoms with Gasteiger partial charge in [0, 0.05) is 32.0 Å². The number of nitrogens with one attached hydrogen (secondary N) is 1. The molecule has 27 heavy (non-hydrogen) atoms. The molecule has 3 aliphatic rings. The number of para-hydroxylation sites is 2. The Hall–Kier alpha value is -2.37. The Morgan fingerprint density at radius 2 is 1.96 bits per heavy atom. The number of aryl methyl sites for hydroxylation is 1. The van der Waals surface area contributed by atoms with Crippen LogP contribution in [-0.2, 0) is 16.0 Å². The first-order valence-corrected chi connectivity index (χ1v) is 10.2. The Morgan fingerprint density at radius 1 is 1.19 bits per heavy atom. The van der Waals surface area contributed by atoms with Gasteiger partial charge in [-0.15, -0.1) is 0 Å². The summed E-state index contributed by atoms with van der Waals surface area (Å²) in [5.74, 6) is 1.15. The Labute approximate surface area is 158 Å². The molecule has 1 atom stereocenters. The van der Waals surface area contributed by atoms with Gasteiger partial charge >= 0.3 is 0 Å². The van der Waals surface area contributed by atoms with E-state index < -0.39 is 5.54 Å². The highest BCUT2D eigenvalue weighted by Gasteiger charge is 2.54. The van der Waals surface area contributed by atoms with Crippen LogP contribution < -0.4 is 0 Å². The van der Waals surface area contributed by atoms with Gasteiger partial charge in [0.15, 0.2) is 0 Å². The zero-order valence-electron chi connectivity index (χ0n) is 15.6.